The minimum atomic E-state index is -0.555. The van der Waals surface area contributed by atoms with Crippen LogP contribution >= 0.6 is 0 Å². The second-order valence-corrected chi connectivity index (χ2v) is 4.49. The van der Waals surface area contributed by atoms with Crippen LogP contribution < -0.4 is 15.8 Å². The maximum atomic E-state index is 13.2. The van der Waals surface area contributed by atoms with E-state index in [-0.39, 0.29) is 18.4 Å². The maximum Gasteiger partial charge on any atom is 0.237 e. The van der Waals surface area contributed by atoms with E-state index in [0.717, 1.165) is 0 Å². The normalized spacial score (nSPS) is 12.3. The predicted octanol–water partition coefficient (Wildman–Crippen LogP) is 1.43. The Morgan fingerprint density at radius 1 is 1.44 bits per heavy atom. The molecule has 1 aromatic rings. The van der Waals surface area contributed by atoms with Crippen LogP contribution in [0, 0.1) is 11.7 Å². The molecule has 0 bridgehead atoms. The van der Waals surface area contributed by atoms with Gasteiger partial charge in [0.1, 0.15) is 11.6 Å². The van der Waals surface area contributed by atoms with Crippen molar-refractivity contribution >= 4 is 5.91 Å². The van der Waals surface area contributed by atoms with Crippen LogP contribution in [-0.2, 0) is 11.3 Å². The molecule has 1 amide bonds. The Morgan fingerprint density at radius 2 is 2.11 bits per heavy atom. The van der Waals surface area contributed by atoms with Crippen LogP contribution in [0.4, 0.5) is 4.39 Å². The first-order valence-electron chi connectivity index (χ1n) is 5.80. The summed E-state index contributed by atoms with van der Waals surface area (Å²) in [5, 5.41) is 2.67. The van der Waals surface area contributed by atoms with Crippen LogP contribution in [-0.4, -0.2) is 19.1 Å². The Bertz CT molecular complexity index is 421. The number of carbonyl (C=O) groups is 1. The van der Waals surface area contributed by atoms with E-state index in [0.29, 0.717) is 11.3 Å². The quantitative estimate of drug-likeness (QED) is 0.835. The lowest BCUT2D eigenvalue weighted by Crippen LogP contribution is -2.43. The largest absolute Gasteiger partial charge is 0.497 e. The first-order chi connectivity index (χ1) is 8.43. The SMILES string of the molecule is COc1cc(F)cc(CNC(=O)[C@@H](N)C(C)C)c1. The first kappa shape index (κ1) is 14.4. The average Bonchev–Trinajstić information content (AvgIpc) is 2.34. The second-order valence-electron chi connectivity index (χ2n) is 4.49. The number of nitrogens with two attached hydrogens (primary N) is 1. The zero-order valence-corrected chi connectivity index (χ0v) is 10.9. The molecule has 0 unspecified atom stereocenters. The van der Waals surface area contributed by atoms with Gasteiger partial charge in [-0.3, -0.25) is 4.79 Å². The van der Waals surface area contributed by atoms with Crippen LogP contribution in [0.2, 0.25) is 0 Å². The summed E-state index contributed by atoms with van der Waals surface area (Å²) in [4.78, 5) is 11.6. The van der Waals surface area contributed by atoms with Gasteiger partial charge in [-0.1, -0.05) is 13.8 Å². The van der Waals surface area contributed by atoms with E-state index < -0.39 is 11.9 Å². The van der Waals surface area contributed by atoms with E-state index in [4.69, 9.17) is 10.5 Å². The van der Waals surface area contributed by atoms with Crippen molar-refractivity contribution in [3.05, 3.63) is 29.6 Å². The Kier molecular flexibility index (Phi) is 5.09. The molecule has 0 radical (unpaired) electrons. The van der Waals surface area contributed by atoms with Crippen molar-refractivity contribution in [3.8, 4) is 5.75 Å². The fourth-order valence-electron chi connectivity index (χ4n) is 1.45. The Balaban J connectivity index is 2.63. The molecule has 1 aromatic carbocycles. The van der Waals surface area contributed by atoms with E-state index in [9.17, 15) is 9.18 Å². The maximum absolute atomic E-state index is 13.2. The molecule has 0 aromatic heterocycles. The monoisotopic (exact) mass is 254 g/mol. The summed E-state index contributed by atoms with van der Waals surface area (Å²) >= 11 is 0. The van der Waals surface area contributed by atoms with Crippen molar-refractivity contribution in [2.45, 2.75) is 26.4 Å². The third-order valence-electron chi connectivity index (χ3n) is 2.65. The van der Waals surface area contributed by atoms with Gasteiger partial charge in [-0.2, -0.15) is 0 Å². The fraction of sp³-hybridized carbons (Fsp3) is 0.462. The van der Waals surface area contributed by atoms with Crippen LogP contribution in [0.5, 0.6) is 5.75 Å². The number of methoxy groups -OCH3 is 1. The van der Waals surface area contributed by atoms with Crippen molar-refractivity contribution in [1.82, 2.24) is 5.32 Å². The molecule has 18 heavy (non-hydrogen) atoms. The van der Waals surface area contributed by atoms with E-state index in [2.05, 4.69) is 5.32 Å². The third kappa shape index (κ3) is 4.00. The highest BCUT2D eigenvalue weighted by Crippen LogP contribution is 2.15. The van der Waals surface area contributed by atoms with Gasteiger partial charge < -0.3 is 15.8 Å². The van der Waals surface area contributed by atoms with Crippen LogP contribution in [0.15, 0.2) is 18.2 Å². The Morgan fingerprint density at radius 3 is 2.67 bits per heavy atom. The number of hydrogen-bond donors (Lipinski definition) is 2. The molecule has 4 nitrogen and oxygen atoms in total. The Labute approximate surface area is 106 Å². The number of halogens is 1. The Hall–Kier alpha value is -1.62. The number of nitrogens with one attached hydrogen (secondary N) is 1. The molecule has 0 saturated heterocycles. The summed E-state index contributed by atoms with van der Waals surface area (Å²) < 4.78 is 18.2. The standard InChI is InChI=1S/C13H19FN2O2/c1-8(2)12(15)13(17)16-7-9-4-10(14)6-11(5-9)18-3/h4-6,8,12H,7,15H2,1-3H3,(H,16,17)/t12-/m0/s1. The highest BCUT2D eigenvalue weighted by atomic mass is 19.1. The van der Waals surface area contributed by atoms with Crippen molar-refractivity contribution in [3.63, 3.8) is 0 Å². The molecule has 100 valence electrons. The summed E-state index contributed by atoms with van der Waals surface area (Å²) in [6.45, 7) is 3.97. The third-order valence-corrected chi connectivity index (χ3v) is 2.65. The minimum absolute atomic E-state index is 0.0621. The van der Waals surface area contributed by atoms with Crippen LogP contribution in [0.25, 0.3) is 0 Å². The zero-order chi connectivity index (χ0) is 13.7. The molecular weight excluding hydrogens is 235 g/mol. The summed E-state index contributed by atoms with van der Waals surface area (Å²) in [6.07, 6.45) is 0. The van der Waals surface area contributed by atoms with E-state index in [1.807, 2.05) is 13.8 Å². The number of carbonyl (C=O) groups excluding carboxylic acids is 1. The van der Waals surface area contributed by atoms with Crippen molar-refractivity contribution in [2.75, 3.05) is 7.11 Å². The topological polar surface area (TPSA) is 64.3 Å². The van der Waals surface area contributed by atoms with Gasteiger partial charge in [-0.05, 0) is 23.6 Å². The number of amides is 1. The van der Waals surface area contributed by atoms with Crippen molar-refractivity contribution in [1.29, 1.82) is 0 Å². The molecule has 0 spiro atoms. The fourth-order valence-corrected chi connectivity index (χ4v) is 1.45. The highest BCUT2D eigenvalue weighted by Gasteiger charge is 2.16. The number of benzene rings is 1. The predicted molar refractivity (Wildman–Crippen MR) is 67.6 cm³/mol. The molecule has 5 heteroatoms. The molecule has 0 heterocycles. The molecule has 0 aliphatic rings. The highest BCUT2D eigenvalue weighted by molar-refractivity contribution is 5.81. The molecule has 1 atom stereocenters. The lowest BCUT2D eigenvalue weighted by Gasteiger charge is -2.15. The van der Waals surface area contributed by atoms with Gasteiger partial charge in [-0.25, -0.2) is 4.39 Å². The van der Waals surface area contributed by atoms with Gasteiger partial charge in [0.25, 0.3) is 0 Å². The molecular formula is C13H19FN2O2. The summed E-state index contributed by atoms with van der Waals surface area (Å²) in [6, 6.07) is 3.75. The van der Waals surface area contributed by atoms with Gasteiger partial charge >= 0.3 is 0 Å². The van der Waals surface area contributed by atoms with E-state index >= 15 is 0 Å². The number of rotatable bonds is 5. The lowest BCUT2D eigenvalue weighted by atomic mass is 10.0. The zero-order valence-electron chi connectivity index (χ0n) is 10.9. The lowest BCUT2D eigenvalue weighted by molar-refractivity contribution is -0.123. The van der Waals surface area contributed by atoms with Gasteiger partial charge in [-0.15, -0.1) is 0 Å². The molecule has 3 N–H and O–H groups in total. The van der Waals surface area contributed by atoms with Gasteiger partial charge in [0, 0.05) is 12.6 Å². The van der Waals surface area contributed by atoms with Crippen molar-refractivity contribution < 1.29 is 13.9 Å². The van der Waals surface area contributed by atoms with Gasteiger partial charge in [0.05, 0.1) is 13.2 Å². The molecule has 0 fully saturated rings. The van der Waals surface area contributed by atoms with Crippen molar-refractivity contribution in [2.24, 2.45) is 11.7 Å². The van der Waals surface area contributed by atoms with E-state index in [1.165, 1.54) is 19.2 Å². The van der Waals surface area contributed by atoms with Gasteiger partial charge in [0.2, 0.25) is 5.91 Å². The summed E-state index contributed by atoms with van der Waals surface area (Å²) in [7, 11) is 1.46. The van der Waals surface area contributed by atoms with Crippen LogP contribution in [0.1, 0.15) is 19.4 Å². The summed E-state index contributed by atoms with van der Waals surface area (Å²) in [5.74, 6) is -0.153. The number of ether oxygens (including phenoxy) is 1. The first-order valence-corrected chi connectivity index (χ1v) is 5.80. The van der Waals surface area contributed by atoms with Gasteiger partial charge in [0.15, 0.2) is 0 Å². The summed E-state index contributed by atoms with van der Waals surface area (Å²) in [5.41, 5.74) is 6.33. The number of hydrogen-bond acceptors (Lipinski definition) is 3. The molecule has 1 rings (SSSR count). The smallest absolute Gasteiger partial charge is 0.237 e. The second kappa shape index (κ2) is 6.35. The minimum Gasteiger partial charge on any atom is -0.497 e. The molecule has 0 aliphatic carbocycles. The van der Waals surface area contributed by atoms with Crippen LogP contribution in [0.3, 0.4) is 0 Å². The molecule has 0 saturated carbocycles. The average molecular weight is 254 g/mol. The molecule has 0 aliphatic heterocycles. The van der Waals surface area contributed by atoms with E-state index in [1.54, 1.807) is 6.07 Å².